The van der Waals surface area contributed by atoms with Crippen molar-refractivity contribution in [2.45, 2.75) is 12.5 Å². The second-order valence-corrected chi connectivity index (χ2v) is 2.50. The van der Waals surface area contributed by atoms with Gasteiger partial charge in [-0.05, 0) is 6.42 Å². The van der Waals surface area contributed by atoms with Crippen LogP contribution in [0.3, 0.4) is 0 Å². The number of hydrogen-bond donors (Lipinski definition) is 1. The summed E-state index contributed by atoms with van der Waals surface area (Å²) in [6, 6.07) is 0. The largest absolute Gasteiger partial charge is 0.371 e. The van der Waals surface area contributed by atoms with Crippen LogP contribution in [-0.4, -0.2) is 19.2 Å². The Morgan fingerprint density at radius 1 is 1.50 bits per heavy atom. The van der Waals surface area contributed by atoms with E-state index in [0.717, 1.165) is 25.4 Å². The third-order valence-electron chi connectivity index (χ3n) is 1.95. The minimum atomic E-state index is 0.509. The molecule has 8 heavy (non-hydrogen) atoms. The van der Waals surface area contributed by atoms with Crippen molar-refractivity contribution in [1.82, 2.24) is 5.32 Å². The predicted molar refractivity (Wildman–Crippen MR) is 30.1 cm³/mol. The topological polar surface area (TPSA) is 21.3 Å². The van der Waals surface area contributed by atoms with Gasteiger partial charge in [0.1, 0.15) is 0 Å². The zero-order valence-electron chi connectivity index (χ0n) is 4.76. The molecule has 2 aliphatic rings. The van der Waals surface area contributed by atoms with Crippen molar-refractivity contribution in [2.75, 3.05) is 13.1 Å². The van der Waals surface area contributed by atoms with Gasteiger partial charge < -0.3 is 10.1 Å². The molecule has 0 saturated carbocycles. The van der Waals surface area contributed by atoms with E-state index in [0.29, 0.717) is 6.10 Å². The van der Waals surface area contributed by atoms with E-state index in [1.165, 1.54) is 0 Å². The Hall–Kier alpha value is -0.0800. The maximum absolute atomic E-state index is 5.29. The predicted octanol–water partition coefficient (Wildman–Crippen LogP) is 0.156. The molecule has 2 rings (SSSR count). The SMILES string of the molecule is [CH]1CC2CNCC2O1. The van der Waals surface area contributed by atoms with E-state index in [4.69, 9.17) is 4.74 Å². The molecule has 2 heterocycles. The van der Waals surface area contributed by atoms with Crippen molar-refractivity contribution in [1.29, 1.82) is 0 Å². The van der Waals surface area contributed by atoms with Crippen LogP contribution < -0.4 is 5.32 Å². The van der Waals surface area contributed by atoms with Crippen LogP contribution in [0.15, 0.2) is 0 Å². The van der Waals surface area contributed by atoms with Crippen molar-refractivity contribution in [3.63, 3.8) is 0 Å². The summed E-state index contributed by atoms with van der Waals surface area (Å²) in [7, 11) is 0. The van der Waals surface area contributed by atoms with Crippen LogP contribution in [0.25, 0.3) is 0 Å². The Morgan fingerprint density at radius 2 is 2.50 bits per heavy atom. The average molecular weight is 112 g/mol. The molecule has 2 aliphatic heterocycles. The molecule has 2 unspecified atom stereocenters. The molecule has 0 bridgehead atoms. The maximum Gasteiger partial charge on any atom is 0.0845 e. The lowest BCUT2D eigenvalue weighted by atomic mass is 10.1. The van der Waals surface area contributed by atoms with Crippen LogP contribution in [0.5, 0.6) is 0 Å². The minimum absolute atomic E-state index is 0.509. The number of ether oxygens (including phenoxy) is 1. The second kappa shape index (κ2) is 1.71. The number of fused-ring (bicyclic) bond motifs is 1. The van der Waals surface area contributed by atoms with E-state index in [1.807, 2.05) is 6.61 Å². The molecule has 0 spiro atoms. The summed E-state index contributed by atoms with van der Waals surface area (Å²) >= 11 is 0. The van der Waals surface area contributed by atoms with E-state index in [1.54, 1.807) is 0 Å². The van der Waals surface area contributed by atoms with Crippen LogP contribution in [0.4, 0.5) is 0 Å². The number of nitrogens with one attached hydrogen (secondary N) is 1. The van der Waals surface area contributed by atoms with Gasteiger partial charge in [-0.3, -0.25) is 0 Å². The van der Waals surface area contributed by atoms with Gasteiger partial charge >= 0.3 is 0 Å². The molecule has 1 radical (unpaired) electrons. The number of hydrogen-bond acceptors (Lipinski definition) is 2. The zero-order chi connectivity index (χ0) is 5.40. The van der Waals surface area contributed by atoms with Crippen molar-refractivity contribution in [3.8, 4) is 0 Å². The van der Waals surface area contributed by atoms with E-state index in [-0.39, 0.29) is 0 Å². The van der Waals surface area contributed by atoms with Crippen LogP contribution in [0.2, 0.25) is 0 Å². The average Bonchev–Trinajstić information content (AvgIpc) is 2.15. The summed E-state index contributed by atoms with van der Waals surface area (Å²) < 4.78 is 5.29. The molecule has 45 valence electrons. The van der Waals surface area contributed by atoms with Gasteiger partial charge in [0, 0.05) is 19.0 Å². The van der Waals surface area contributed by atoms with E-state index in [2.05, 4.69) is 5.32 Å². The Morgan fingerprint density at radius 3 is 3.38 bits per heavy atom. The smallest absolute Gasteiger partial charge is 0.0845 e. The van der Waals surface area contributed by atoms with Crippen LogP contribution in [0, 0.1) is 12.5 Å². The van der Waals surface area contributed by atoms with Crippen molar-refractivity contribution in [2.24, 2.45) is 5.92 Å². The van der Waals surface area contributed by atoms with Gasteiger partial charge in [-0.15, -0.1) is 0 Å². The van der Waals surface area contributed by atoms with Crippen LogP contribution in [0.1, 0.15) is 6.42 Å². The minimum Gasteiger partial charge on any atom is -0.371 e. The van der Waals surface area contributed by atoms with Crippen molar-refractivity contribution in [3.05, 3.63) is 6.61 Å². The molecule has 2 fully saturated rings. The molecule has 0 aromatic carbocycles. The van der Waals surface area contributed by atoms with Gasteiger partial charge in [0.25, 0.3) is 0 Å². The van der Waals surface area contributed by atoms with Crippen molar-refractivity contribution >= 4 is 0 Å². The monoisotopic (exact) mass is 112 g/mol. The zero-order valence-corrected chi connectivity index (χ0v) is 4.76. The first kappa shape index (κ1) is 4.77. The molecule has 2 nitrogen and oxygen atoms in total. The fraction of sp³-hybridized carbons (Fsp3) is 0.833. The summed E-state index contributed by atoms with van der Waals surface area (Å²) in [4.78, 5) is 0. The third kappa shape index (κ3) is 0.565. The number of rotatable bonds is 0. The fourth-order valence-electron chi connectivity index (χ4n) is 1.41. The van der Waals surface area contributed by atoms with Crippen molar-refractivity contribution < 1.29 is 4.74 Å². The van der Waals surface area contributed by atoms with Gasteiger partial charge in [-0.25, -0.2) is 0 Å². The highest BCUT2D eigenvalue weighted by molar-refractivity contribution is 4.89. The molecule has 2 saturated heterocycles. The first-order valence-corrected chi connectivity index (χ1v) is 3.14. The Kier molecular flexibility index (Phi) is 1.02. The van der Waals surface area contributed by atoms with Gasteiger partial charge in [-0.1, -0.05) is 0 Å². The van der Waals surface area contributed by atoms with Gasteiger partial charge in [-0.2, -0.15) is 0 Å². The normalized spacial score (nSPS) is 45.0. The lowest BCUT2D eigenvalue weighted by Gasteiger charge is -2.02. The first-order chi connectivity index (χ1) is 3.97. The summed E-state index contributed by atoms with van der Waals surface area (Å²) in [5, 5.41) is 3.28. The summed E-state index contributed by atoms with van der Waals surface area (Å²) in [6.07, 6.45) is 1.66. The van der Waals surface area contributed by atoms with Gasteiger partial charge in [0.05, 0.1) is 12.7 Å². The lowest BCUT2D eigenvalue weighted by Crippen LogP contribution is -2.14. The summed E-state index contributed by atoms with van der Waals surface area (Å²) in [5.41, 5.74) is 0. The highest BCUT2D eigenvalue weighted by atomic mass is 16.5. The molecule has 0 amide bonds. The molecular weight excluding hydrogens is 102 g/mol. The quantitative estimate of drug-likeness (QED) is 0.482. The maximum atomic E-state index is 5.29. The molecule has 1 N–H and O–H groups in total. The third-order valence-corrected chi connectivity index (χ3v) is 1.95. The van der Waals surface area contributed by atoms with E-state index >= 15 is 0 Å². The molecule has 2 heteroatoms. The Labute approximate surface area is 49.2 Å². The highest BCUT2D eigenvalue weighted by Crippen LogP contribution is 2.25. The fourth-order valence-corrected chi connectivity index (χ4v) is 1.41. The molecule has 2 atom stereocenters. The summed E-state index contributed by atoms with van der Waals surface area (Å²) in [6.45, 7) is 4.15. The molecule has 0 aromatic rings. The Bertz CT molecular complexity index is 74.5. The standard InChI is InChI=1S/C6H10NO/c1-2-8-6-4-7-3-5(1)6/h2,5-7H,1,3-4H2. The van der Waals surface area contributed by atoms with Crippen LogP contribution >= 0.6 is 0 Å². The second-order valence-electron chi connectivity index (χ2n) is 2.50. The molecular formula is C6H10NO. The molecule has 0 aliphatic carbocycles. The van der Waals surface area contributed by atoms with Crippen LogP contribution in [-0.2, 0) is 4.74 Å². The highest BCUT2D eigenvalue weighted by Gasteiger charge is 2.32. The first-order valence-electron chi connectivity index (χ1n) is 3.14. The Balaban J connectivity index is 2.04. The van der Waals surface area contributed by atoms with Gasteiger partial charge in [0.15, 0.2) is 0 Å². The summed E-state index contributed by atoms with van der Waals surface area (Å²) in [5.74, 6) is 0.787. The van der Waals surface area contributed by atoms with E-state index < -0.39 is 0 Å². The molecule has 0 aromatic heterocycles. The lowest BCUT2D eigenvalue weighted by molar-refractivity contribution is 0.152. The van der Waals surface area contributed by atoms with E-state index in [9.17, 15) is 0 Å². The van der Waals surface area contributed by atoms with Gasteiger partial charge in [0.2, 0.25) is 0 Å².